The van der Waals surface area contributed by atoms with Gasteiger partial charge in [0.1, 0.15) is 0 Å². The first kappa shape index (κ1) is 20.3. The highest BCUT2D eigenvalue weighted by Gasteiger charge is 2.39. The summed E-state index contributed by atoms with van der Waals surface area (Å²) in [5, 5.41) is 3.81. The molecule has 0 spiro atoms. The number of carbonyl (C=O) groups is 1. The van der Waals surface area contributed by atoms with Gasteiger partial charge in [-0.3, -0.25) is 9.52 Å². The number of hydrogen-bond donors (Lipinski definition) is 2. The molecule has 1 saturated carbocycles. The minimum atomic E-state index is -3.43. The molecule has 150 valence electrons. The Morgan fingerprint density at radius 1 is 1.19 bits per heavy atom. The van der Waals surface area contributed by atoms with Crippen molar-refractivity contribution in [2.24, 2.45) is 0 Å². The second kappa shape index (κ2) is 9.17. The SMILES string of the molecule is CCS(=O)(=O)NC(=O)CCCN1CCC(N[C@@H]2C[C@H]2c2ccccc2)CC1. The third kappa shape index (κ3) is 6.30. The lowest BCUT2D eigenvalue weighted by molar-refractivity contribution is -0.119. The topological polar surface area (TPSA) is 78.5 Å². The van der Waals surface area contributed by atoms with E-state index in [0.29, 0.717) is 24.4 Å². The standard InChI is InChI=1S/C20H31N3O3S/c1-2-27(25,26)22-20(24)9-6-12-23-13-10-17(11-14-23)21-19-15-18(19)16-7-4-3-5-8-16/h3-5,7-8,17-19,21H,2,6,9-15H2,1H3,(H,22,24)/t18-,19+/m0/s1. The number of nitrogens with one attached hydrogen (secondary N) is 2. The molecule has 3 rings (SSSR count). The number of hydrogen-bond acceptors (Lipinski definition) is 5. The van der Waals surface area contributed by atoms with Crippen LogP contribution in [0.25, 0.3) is 0 Å². The highest BCUT2D eigenvalue weighted by molar-refractivity contribution is 7.90. The molecular formula is C20H31N3O3S. The van der Waals surface area contributed by atoms with Crippen molar-refractivity contribution in [3.05, 3.63) is 35.9 Å². The van der Waals surface area contributed by atoms with E-state index in [1.165, 1.54) is 18.9 Å². The van der Waals surface area contributed by atoms with Crippen LogP contribution in [-0.4, -0.2) is 56.7 Å². The number of nitrogens with zero attached hydrogens (tertiary/aromatic N) is 1. The van der Waals surface area contributed by atoms with Crippen molar-refractivity contribution >= 4 is 15.9 Å². The molecule has 1 aromatic carbocycles. The smallest absolute Gasteiger partial charge is 0.234 e. The predicted molar refractivity (Wildman–Crippen MR) is 107 cm³/mol. The van der Waals surface area contributed by atoms with E-state index < -0.39 is 15.9 Å². The molecule has 2 fully saturated rings. The maximum Gasteiger partial charge on any atom is 0.234 e. The molecule has 1 heterocycles. The van der Waals surface area contributed by atoms with E-state index >= 15 is 0 Å². The van der Waals surface area contributed by atoms with Crippen molar-refractivity contribution in [2.75, 3.05) is 25.4 Å². The van der Waals surface area contributed by atoms with E-state index in [4.69, 9.17) is 0 Å². The van der Waals surface area contributed by atoms with Crippen molar-refractivity contribution in [3.8, 4) is 0 Å². The van der Waals surface area contributed by atoms with E-state index in [2.05, 4.69) is 45.3 Å². The van der Waals surface area contributed by atoms with Crippen molar-refractivity contribution in [2.45, 2.75) is 57.0 Å². The zero-order valence-corrected chi connectivity index (χ0v) is 16.9. The maximum absolute atomic E-state index is 11.7. The lowest BCUT2D eigenvalue weighted by Crippen LogP contribution is -2.44. The van der Waals surface area contributed by atoms with Gasteiger partial charge in [-0.1, -0.05) is 30.3 Å². The van der Waals surface area contributed by atoms with Crippen molar-refractivity contribution in [1.82, 2.24) is 14.9 Å². The third-order valence-electron chi connectivity index (χ3n) is 5.58. The maximum atomic E-state index is 11.7. The lowest BCUT2D eigenvalue weighted by atomic mass is 10.0. The van der Waals surface area contributed by atoms with Gasteiger partial charge in [-0.15, -0.1) is 0 Å². The molecule has 1 saturated heterocycles. The summed E-state index contributed by atoms with van der Waals surface area (Å²) in [6, 6.07) is 11.9. The van der Waals surface area contributed by atoms with Crippen molar-refractivity contribution in [1.29, 1.82) is 0 Å². The first-order valence-electron chi connectivity index (χ1n) is 10.0. The second-order valence-electron chi connectivity index (χ2n) is 7.67. The van der Waals surface area contributed by atoms with Gasteiger partial charge >= 0.3 is 0 Å². The second-order valence-corrected chi connectivity index (χ2v) is 9.69. The molecule has 6 nitrogen and oxygen atoms in total. The first-order valence-corrected chi connectivity index (χ1v) is 11.7. The Morgan fingerprint density at radius 3 is 2.56 bits per heavy atom. The third-order valence-corrected chi connectivity index (χ3v) is 6.88. The molecular weight excluding hydrogens is 362 g/mol. The minimum absolute atomic E-state index is 0.0641. The van der Waals surface area contributed by atoms with Gasteiger partial charge in [0.15, 0.2) is 0 Å². The van der Waals surface area contributed by atoms with Crippen LogP contribution in [0.15, 0.2) is 30.3 Å². The average molecular weight is 394 g/mol. The van der Waals surface area contributed by atoms with Crippen LogP contribution in [0.4, 0.5) is 0 Å². The molecule has 1 aliphatic heterocycles. The van der Waals surface area contributed by atoms with E-state index in [9.17, 15) is 13.2 Å². The molecule has 1 amide bonds. The molecule has 27 heavy (non-hydrogen) atoms. The number of piperidine rings is 1. The van der Waals surface area contributed by atoms with Crippen LogP contribution < -0.4 is 10.0 Å². The average Bonchev–Trinajstić information content (AvgIpc) is 3.43. The first-order chi connectivity index (χ1) is 13.0. The van der Waals surface area contributed by atoms with E-state index in [-0.39, 0.29) is 12.2 Å². The minimum Gasteiger partial charge on any atom is -0.311 e. The summed E-state index contributed by atoms with van der Waals surface area (Å²) in [5.41, 5.74) is 1.44. The summed E-state index contributed by atoms with van der Waals surface area (Å²) in [6.45, 7) is 4.45. The molecule has 0 bridgehead atoms. The molecule has 0 aromatic heterocycles. The molecule has 7 heteroatoms. The molecule has 2 aliphatic rings. The normalized spacial score (nSPS) is 23.9. The molecule has 1 aromatic rings. The van der Waals surface area contributed by atoms with Crippen molar-refractivity contribution in [3.63, 3.8) is 0 Å². The summed E-state index contributed by atoms with van der Waals surface area (Å²) in [6.07, 6.45) is 4.46. The molecule has 0 radical (unpaired) electrons. The highest BCUT2D eigenvalue weighted by Crippen LogP contribution is 2.41. The quantitative estimate of drug-likeness (QED) is 0.669. The number of carbonyl (C=O) groups excluding carboxylic acids is 1. The number of amides is 1. The Bertz CT molecular complexity index is 715. The summed E-state index contributed by atoms with van der Waals surface area (Å²) >= 11 is 0. The monoisotopic (exact) mass is 393 g/mol. The predicted octanol–water partition coefficient (Wildman–Crippen LogP) is 1.84. The lowest BCUT2D eigenvalue weighted by Gasteiger charge is -2.32. The number of sulfonamides is 1. The van der Waals surface area contributed by atoms with Crippen LogP contribution in [-0.2, 0) is 14.8 Å². The van der Waals surface area contributed by atoms with Gasteiger partial charge in [0, 0.05) is 24.4 Å². The van der Waals surface area contributed by atoms with Gasteiger partial charge in [0.25, 0.3) is 0 Å². The Hall–Kier alpha value is -1.44. The van der Waals surface area contributed by atoms with Gasteiger partial charge < -0.3 is 10.2 Å². The van der Waals surface area contributed by atoms with Crippen LogP contribution in [0.5, 0.6) is 0 Å². The summed E-state index contributed by atoms with van der Waals surface area (Å²) < 4.78 is 24.8. The van der Waals surface area contributed by atoms with Crippen LogP contribution >= 0.6 is 0 Å². The number of rotatable bonds is 9. The number of likely N-dealkylation sites (tertiary alicyclic amines) is 1. The Balaban J connectivity index is 1.29. The zero-order valence-electron chi connectivity index (χ0n) is 16.1. The van der Waals surface area contributed by atoms with E-state index in [0.717, 1.165) is 32.5 Å². The van der Waals surface area contributed by atoms with Gasteiger partial charge in [-0.25, -0.2) is 8.42 Å². The number of benzene rings is 1. The Kier molecular flexibility index (Phi) is 6.89. The van der Waals surface area contributed by atoms with Gasteiger partial charge in [-0.2, -0.15) is 0 Å². The Labute approximate surface area is 162 Å². The molecule has 2 N–H and O–H groups in total. The van der Waals surface area contributed by atoms with Gasteiger partial charge in [0.05, 0.1) is 5.75 Å². The van der Waals surface area contributed by atoms with E-state index in [1.54, 1.807) is 0 Å². The van der Waals surface area contributed by atoms with Crippen LogP contribution in [0.1, 0.15) is 50.5 Å². The fraction of sp³-hybridized carbons (Fsp3) is 0.650. The Morgan fingerprint density at radius 2 is 1.89 bits per heavy atom. The summed E-state index contributed by atoms with van der Waals surface area (Å²) in [5.74, 6) is 0.210. The summed E-state index contributed by atoms with van der Waals surface area (Å²) in [7, 11) is -3.43. The molecule has 2 atom stereocenters. The van der Waals surface area contributed by atoms with E-state index in [1.807, 2.05) is 0 Å². The van der Waals surface area contributed by atoms with Crippen LogP contribution in [0.2, 0.25) is 0 Å². The van der Waals surface area contributed by atoms with Crippen LogP contribution in [0.3, 0.4) is 0 Å². The fourth-order valence-electron chi connectivity index (χ4n) is 3.83. The highest BCUT2D eigenvalue weighted by atomic mass is 32.2. The largest absolute Gasteiger partial charge is 0.311 e. The molecule has 0 unspecified atom stereocenters. The van der Waals surface area contributed by atoms with Crippen LogP contribution in [0, 0.1) is 0 Å². The zero-order chi connectivity index (χ0) is 19.3. The van der Waals surface area contributed by atoms with Gasteiger partial charge in [-0.05, 0) is 57.8 Å². The fourth-order valence-corrected chi connectivity index (χ4v) is 4.43. The van der Waals surface area contributed by atoms with Crippen molar-refractivity contribution < 1.29 is 13.2 Å². The summed E-state index contributed by atoms with van der Waals surface area (Å²) in [4.78, 5) is 14.0. The van der Waals surface area contributed by atoms with Gasteiger partial charge in [0.2, 0.25) is 15.9 Å². The molecule has 1 aliphatic carbocycles.